The summed E-state index contributed by atoms with van der Waals surface area (Å²) in [5, 5.41) is 7.24. The van der Waals surface area contributed by atoms with Crippen LogP contribution < -0.4 is 4.74 Å². The van der Waals surface area contributed by atoms with Crippen LogP contribution in [0.5, 0.6) is 5.75 Å². The van der Waals surface area contributed by atoms with Gasteiger partial charge < -0.3 is 14.2 Å². The van der Waals surface area contributed by atoms with E-state index in [2.05, 4.69) is 23.4 Å². The number of ether oxygens (including phenoxy) is 1. The molecule has 32 heavy (non-hydrogen) atoms. The summed E-state index contributed by atoms with van der Waals surface area (Å²) in [5.41, 5.74) is 2.87. The molecule has 0 saturated heterocycles. The van der Waals surface area contributed by atoms with Gasteiger partial charge in [-0.3, -0.25) is 4.79 Å². The molecule has 3 aromatic carbocycles. The molecule has 0 spiro atoms. The van der Waals surface area contributed by atoms with Crippen molar-refractivity contribution in [1.29, 1.82) is 0 Å². The summed E-state index contributed by atoms with van der Waals surface area (Å²) < 4.78 is 11.5. The first kappa shape index (κ1) is 20.6. The molecule has 0 unspecified atom stereocenters. The molecule has 0 aliphatic carbocycles. The standard InChI is InChI=1S/C26H23ClN2O3/c27-21-10-7-19(8-11-21)26-23-13-14-29(17-24(23)28-32-26)25(30)6-3-15-31-22-12-9-18-4-1-2-5-20(18)16-22/h1-2,4-5,7-12,16H,3,6,13-15,17H2. The third-order valence-corrected chi connectivity index (χ3v) is 6.08. The molecule has 1 aromatic heterocycles. The van der Waals surface area contributed by atoms with Gasteiger partial charge in [-0.2, -0.15) is 0 Å². The maximum atomic E-state index is 12.7. The number of amides is 1. The number of rotatable bonds is 6. The van der Waals surface area contributed by atoms with E-state index in [1.807, 2.05) is 53.4 Å². The van der Waals surface area contributed by atoms with Crippen LogP contribution in [-0.4, -0.2) is 29.1 Å². The van der Waals surface area contributed by atoms with E-state index in [1.54, 1.807) is 0 Å². The fraction of sp³-hybridized carbons (Fsp3) is 0.231. The van der Waals surface area contributed by atoms with E-state index in [0.717, 1.165) is 40.1 Å². The van der Waals surface area contributed by atoms with Crippen molar-refractivity contribution in [1.82, 2.24) is 10.1 Å². The van der Waals surface area contributed by atoms with Gasteiger partial charge in [-0.1, -0.05) is 47.1 Å². The highest BCUT2D eigenvalue weighted by atomic mass is 35.5. The molecule has 0 N–H and O–H groups in total. The number of hydrogen-bond donors (Lipinski definition) is 0. The maximum Gasteiger partial charge on any atom is 0.223 e. The zero-order chi connectivity index (χ0) is 21.9. The minimum absolute atomic E-state index is 0.119. The molecule has 0 atom stereocenters. The van der Waals surface area contributed by atoms with Crippen molar-refractivity contribution in [2.75, 3.05) is 13.2 Å². The Morgan fingerprint density at radius 1 is 1.06 bits per heavy atom. The van der Waals surface area contributed by atoms with Gasteiger partial charge in [0.25, 0.3) is 0 Å². The number of fused-ring (bicyclic) bond motifs is 2. The molecule has 0 fully saturated rings. The lowest BCUT2D eigenvalue weighted by Gasteiger charge is -2.26. The summed E-state index contributed by atoms with van der Waals surface area (Å²) >= 11 is 5.98. The van der Waals surface area contributed by atoms with Crippen molar-refractivity contribution in [2.45, 2.75) is 25.8 Å². The van der Waals surface area contributed by atoms with Crippen LogP contribution in [0.1, 0.15) is 24.1 Å². The summed E-state index contributed by atoms with van der Waals surface area (Å²) in [6.45, 7) is 1.66. The van der Waals surface area contributed by atoms with E-state index in [9.17, 15) is 4.79 Å². The largest absolute Gasteiger partial charge is 0.494 e. The van der Waals surface area contributed by atoms with Gasteiger partial charge in [0.1, 0.15) is 11.4 Å². The number of benzene rings is 3. The van der Waals surface area contributed by atoms with Gasteiger partial charge >= 0.3 is 0 Å². The lowest BCUT2D eigenvalue weighted by Crippen LogP contribution is -2.36. The van der Waals surface area contributed by atoms with Gasteiger partial charge in [0.2, 0.25) is 5.91 Å². The second-order valence-electron chi connectivity index (χ2n) is 7.97. The number of carbonyl (C=O) groups is 1. The Bertz CT molecular complexity index is 1250. The number of aromatic nitrogens is 1. The van der Waals surface area contributed by atoms with Gasteiger partial charge in [0.15, 0.2) is 5.76 Å². The fourth-order valence-electron chi connectivity index (χ4n) is 4.10. The van der Waals surface area contributed by atoms with Crippen LogP contribution in [-0.2, 0) is 17.8 Å². The second-order valence-corrected chi connectivity index (χ2v) is 8.41. The van der Waals surface area contributed by atoms with Crippen molar-refractivity contribution in [3.05, 3.63) is 83.0 Å². The van der Waals surface area contributed by atoms with E-state index < -0.39 is 0 Å². The first-order chi connectivity index (χ1) is 15.7. The molecule has 5 rings (SSSR count). The lowest BCUT2D eigenvalue weighted by molar-refractivity contribution is -0.132. The first-order valence-electron chi connectivity index (χ1n) is 10.8. The molecule has 2 heterocycles. The number of halogens is 1. The summed E-state index contributed by atoms with van der Waals surface area (Å²) in [7, 11) is 0. The second kappa shape index (κ2) is 9.05. The molecule has 162 valence electrons. The van der Waals surface area contributed by atoms with E-state index in [-0.39, 0.29) is 5.91 Å². The summed E-state index contributed by atoms with van der Waals surface area (Å²) in [5.74, 6) is 1.72. The molecule has 1 amide bonds. The minimum atomic E-state index is 0.119. The van der Waals surface area contributed by atoms with Crippen LogP contribution in [0.3, 0.4) is 0 Å². The van der Waals surface area contributed by atoms with Crippen LogP contribution in [0.4, 0.5) is 0 Å². The summed E-state index contributed by atoms with van der Waals surface area (Å²) in [4.78, 5) is 14.6. The van der Waals surface area contributed by atoms with Crippen LogP contribution in [0, 0.1) is 0 Å². The zero-order valence-electron chi connectivity index (χ0n) is 17.6. The van der Waals surface area contributed by atoms with Gasteiger partial charge in [0, 0.05) is 29.1 Å². The molecule has 6 heteroatoms. The quantitative estimate of drug-likeness (QED) is 0.346. The Morgan fingerprint density at radius 3 is 2.72 bits per heavy atom. The van der Waals surface area contributed by atoms with E-state index in [1.165, 1.54) is 5.39 Å². The van der Waals surface area contributed by atoms with Gasteiger partial charge in [0.05, 0.1) is 13.2 Å². The van der Waals surface area contributed by atoms with Gasteiger partial charge in [-0.25, -0.2) is 0 Å². The van der Waals surface area contributed by atoms with Crippen molar-refractivity contribution >= 4 is 28.3 Å². The third kappa shape index (κ3) is 4.34. The zero-order valence-corrected chi connectivity index (χ0v) is 18.3. The van der Waals surface area contributed by atoms with Crippen molar-refractivity contribution in [2.24, 2.45) is 0 Å². The Balaban J connectivity index is 1.14. The minimum Gasteiger partial charge on any atom is -0.494 e. The van der Waals surface area contributed by atoms with Crippen LogP contribution in [0.25, 0.3) is 22.1 Å². The smallest absolute Gasteiger partial charge is 0.223 e. The van der Waals surface area contributed by atoms with E-state index in [0.29, 0.717) is 37.6 Å². The summed E-state index contributed by atoms with van der Waals surface area (Å²) in [6.07, 6.45) is 1.85. The molecule has 4 aromatic rings. The summed E-state index contributed by atoms with van der Waals surface area (Å²) in [6, 6.07) is 21.8. The molecule has 1 aliphatic rings. The fourth-order valence-corrected chi connectivity index (χ4v) is 4.23. The molecule has 0 saturated carbocycles. The van der Waals surface area contributed by atoms with Crippen LogP contribution >= 0.6 is 11.6 Å². The predicted octanol–water partition coefficient (Wildman–Crippen LogP) is 5.89. The highest BCUT2D eigenvalue weighted by molar-refractivity contribution is 6.30. The molecular weight excluding hydrogens is 424 g/mol. The van der Waals surface area contributed by atoms with Crippen molar-refractivity contribution in [3.8, 4) is 17.1 Å². The van der Waals surface area contributed by atoms with Gasteiger partial charge in [-0.05, 0) is 60.0 Å². The average molecular weight is 447 g/mol. The molecular formula is C26H23ClN2O3. The maximum absolute atomic E-state index is 12.7. The van der Waals surface area contributed by atoms with E-state index >= 15 is 0 Å². The van der Waals surface area contributed by atoms with E-state index in [4.69, 9.17) is 20.9 Å². The Labute approximate surface area is 191 Å². The highest BCUT2D eigenvalue weighted by Crippen LogP contribution is 2.31. The van der Waals surface area contributed by atoms with Crippen LogP contribution in [0.2, 0.25) is 5.02 Å². The third-order valence-electron chi connectivity index (χ3n) is 5.83. The molecule has 5 nitrogen and oxygen atoms in total. The van der Waals surface area contributed by atoms with Crippen molar-refractivity contribution < 1.29 is 14.1 Å². The monoisotopic (exact) mass is 446 g/mol. The normalized spacial score (nSPS) is 13.2. The van der Waals surface area contributed by atoms with Crippen LogP contribution in [0.15, 0.2) is 71.3 Å². The SMILES string of the molecule is O=C(CCCOc1ccc2ccccc2c1)N1CCc2c(noc2-c2ccc(Cl)cc2)C1. The Hall–Kier alpha value is -3.31. The van der Waals surface area contributed by atoms with Gasteiger partial charge in [-0.15, -0.1) is 0 Å². The number of hydrogen-bond acceptors (Lipinski definition) is 4. The molecule has 0 bridgehead atoms. The Kier molecular flexibility index (Phi) is 5.82. The lowest BCUT2D eigenvalue weighted by atomic mass is 10.0. The average Bonchev–Trinajstić information content (AvgIpc) is 3.25. The Morgan fingerprint density at radius 2 is 1.88 bits per heavy atom. The first-order valence-corrected chi connectivity index (χ1v) is 11.2. The molecule has 1 aliphatic heterocycles. The molecule has 0 radical (unpaired) electrons. The topological polar surface area (TPSA) is 55.6 Å². The van der Waals surface area contributed by atoms with Crippen molar-refractivity contribution in [3.63, 3.8) is 0 Å². The number of carbonyl (C=O) groups excluding carboxylic acids is 1. The highest BCUT2D eigenvalue weighted by Gasteiger charge is 2.27. The number of nitrogens with zero attached hydrogens (tertiary/aromatic N) is 2. The predicted molar refractivity (Wildman–Crippen MR) is 125 cm³/mol.